The number of hydrogen-bond donors (Lipinski definition) is 1. The first-order chi connectivity index (χ1) is 8.57. The molecule has 18 heavy (non-hydrogen) atoms. The molecule has 2 rings (SSSR count). The standard InChI is InChI=1S/C14H24N2OS/c1-12-4-9-18-13(12)10-15-5-6-16-7-8-17-14(2,3)11-16/h4,9,15H,5-8,10-11H2,1-3H3. The smallest absolute Gasteiger partial charge is 0.0753 e. The monoisotopic (exact) mass is 268 g/mol. The Bertz CT molecular complexity index is 376. The van der Waals surface area contributed by atoms with Crippen LogP contribution < -0.4 is 5.32 Å². The Morgan fingerprint density at radius 1 is 1.50 bits per heavy atom. The zero-order valence-electron chi connectivity index (χ0n) is 11.7. The summed E-state index contributed by atoms with van der Waals surface area (Å²) in [7, 11) is 0. The van der Waals surface area contributed by atoms with Crippen LogP contribution in [0, 0.1) is 6.92 Å². The minimum absolute atomic E-state index is 0.0165. The zero-order chi connectivity index (χ0) is 13.0. The summed E-state index contributed by atoms with van der Waals surface area (Å²) in [6, 6.07) is 2.19. The first kappa shape index (κ1) is 14.0. The first-order valence-corrected chi connectivity index (χ1v) is 7.55. The maximum Gasteiger partial charge on any atom is 0.0753 e. The summed E-state index contributed by atoms with van der Waals surface area (Å²) in [6.07, 6.45) is 0. The highest BCUT2D eigenvalue weighted by Crippen LogP contribution is 2.16. The maximum atomic E-state index is 5.72. The number of nitrogens with one attached hydrogen (secondary N) is 1. The van der Waals surface area contributed by atoms with E-state index in [1.807, 2.05) is 11.3 Å². The number of aryl methyl sites for hydroxylation is 1. The summed E-state index contributed by atoms with van der Waals surface area (Å²) in [5.74, 6) is 0. The molecule has 3 nitrogen and oxygen atoms in total. The van der Waals surface area contributed by atoms with Crippen LogP contribution in [0.1, 0.15) is 24.3 Å². The number of morpholine rings is 1. The lowest BCUT2D eigenvalue weighted by molar-refractivity contribution is -0.0854. The number of hydrogen-bond acceptors (Lipinski definition) is 4. The topological polar surface area (TPSA) is 24.5 Å². The van der Waals surface area contributed by atoms with Gasteiger partial charge in [0.2, 0.25) is 0 Å². The van der Waals surface area contributed by atoms with E-state index in [1.54, 1.807) is 0 Å². The van der Waals surface area contributed by atoms with Crippen LogP contribution >= 0.6 is 11.3 Å². The lowest BCUT2D eigenvalue weighted by atomic mass is 10.1. The number of ether oxygens (including phenoxy) is 1. The Morgan fingerprint density at radius 2 is 2.33 bits per heavy atom. The van der Waals surface area contributed by atoms with Crippen molar-refractivity contribution in [1.29, 1.82) is 0 Å². The van der Waals surface area contributed by atoms with Crippen LogP contribution in [-0.4, -0.2) is 43.3 Å². The maximum absolute atomic E-state index is 5.72. The molecule has 0 aromatic carbocycles. The summed E-state index contributed by atoms with van der Waals surface area (Å²) < 4.78 is 5.72. The van der Waals surface area contributed by atoms with E-state index in [4.69, 9.17) is 4.74 Å². The summed E-state index contributed by atoms with van der Waals surface area (Å²) in [5.41, 5.74) is 1.42. The van der Waals surface area contributed by atoms with Gasteiger partial charge in [0.05, 0.1) is 12.2 Å². The molecule has 1 aromatic rings. The molecule has 0 radical (unpaired) electrons. The van der Waals surface area contributed by atoms with E-state index in [2.05, 4.69) is 42.4 Å². The van der Waals surface area contributed by atoms with Gasteiger partial charge in [-0.15, -0.1) is 11.3 Å². The summed E-state index contributed by atoms with van der Waals surface area (Å²) in [5, 5.41) is 5.69. The Labute approximate surface area is 114 Å². The van der Waals surface area contributed by atoms with Crippen molar-refractivity contribution in [2.24, 2.45) is 0 Å². The van der Waals surface area contributed by atoms with E-state index >= 15 is 0 Å². The predicted molar refractivity (Wildman–Crippen MR) is 77.2 cm³/mol. The highest BCUT2D eigenvalue weighted by Gasteiger charge is 2.26. The van der Waals surface area contributed by atoms with Crippen LogP contribution in [0.3, 0.4) is 0 Å². The molecule has 0 unspecified atom stereocenters. The molecule has 0 saturated carbocycles. The van der Waals surface area contributed by atoms with Gasteiger partial charge in [-0.25, -0.2) is 0 Å². The Morgan fingerprint density at radius 3 is 3.00 bits per heavy atom. The van der Waals surface area contributed by atoms with Crippen molar-refractivity contribution in [2.45, 2.75) is 32.9 Å². The highest BCUT2D eigenvalue weighted by molar-refractivity contribution is 7.10. The van der Waals surface area contributed by atoms with E-state index < -0.39 is 0 Å². The van der Waals surface area contributed by atoms with E-state index in [0.717, 1.165) is 39.3 Å². The zero-order valence-corrected chi connectivity index (χ0v) is 12.5. The van der Waals surface area contributed by atoms with Crippen molar-refractivity contribution in [2.75, 3.05) is 32.8 Å². The average molecular weight is 268 g/mol. The van der Waals surface area contributed by atoms with Crippen LogP contribution in [0.5, 0.6) is 0 Å². The van der Waals surface area contributed by atoms with E-state index in [-0.39, 0.29) is 5.60 Å². The summed E-state index contributed by atoms with van der Waals surface area (Å²) in [6.45, 7) is 12.6. The molecule has 1 aromatic heterocycles. The molecular formula is C14H24N2OS. The predicted octanol–water partition coefficient (Wildman–Crippen LogP) is 2.26. The van der Waals surface area contributed by atoms with Gasteiger partial charge < -0.3 is 10.1 Å². The van der Waals surface area contributed by atoms with Gasteiger partial charge in [-0.3, -0.25) is 4.90 Å². The van der Waals surface area contributed by atoms with Gasteiger partial charge in [0, 0.05) is 37.6 Å². The molecule has 1 N–H and O–H groups in total. The molecule has 1 aliphatic heterocycles. The molecule has 1 saturated heterocycles. The second-order valence-electron chi connectivity index (χ2n) is 5.59. The fraction of sp³-hybridized carbons (Fsp3) is 0.714. The molecule has 0 spiro atoms. The normalized spacial score (nSPS) is 20.2. The fourth-order valence-electron chi connectivity index (χ4n) is 2.33. The van der Waals surface area contributed by atoms with Crippen LogP contribution in [-0.2, 0) is 11.3 Å². The third kappa shape index (κ3) is 4.05. The van der Waals surface area contributed by atoms with E-state index in [0.29, 0.717) is 0 Å². The van der Waals surface area contributed by atoms with Gasteiger partial charge in [0.15, 0.2) is 0 Å². The van der Waals surface area contributed by atoms with Gasteiger partial charge in [-0.05, 0) is 37.8 Å². The molecule has 4 heteroatoms. The molecule has 102 valence electrons. The fourth-order valence-corrected chi connectivity index (χ4v) is 3.21. The third-order valence-corrected chi connectivity index (χ3v) is 4.39. The van der Waals surface area contributed by atoms with Gasteiger partial charge in [-0.2, -0.15) is 0 Å². The lowest BCUT2D eigenvalue weighted by Crippen LogP contribution is -2.49. The minimum atomic E-state index is 0.0165. The van der Waals surface area contributed by atoms with Gasteiger partial charge in [0.1, 0.15) is 0 Å². The summed E-state index contributed by atoms with van der Waals surface area (Å²) >= 11 is 1.84. The lowest BCUT2D eigenvalue weighted by Gasteiger charge is -2.38. The van der Waals surface area contributed by atoms with Crippen LogP contribution in [0.2, 0.25) is 0 Å². The SMILES string of the molecule is Cc1ccsc1CNCCN1CCOC(C)(C)C1. The van der Waals surface area contributed by atoms with Crippen LogP contribution in [0.15, 0.2) is 11.4 Å². The van der Waals surface area contributed by atoms with Crippen molar-refractivity contribution >= 4 is 11.3 Å². The third-order valence-electron chi connectivity index (χ3n) is 3.36. The largest absolute Gasteiger partial charge is 0.373 e. The second-order valence-corrected chi connectivity index (χ2v) is 6.59. The average Bonchev–Trinajstić information content (AvgIpc) is 2.69. The van der Waals surface area contributed by atoms with Gasteiger partial charge in [0.25, 0.3) is 0 Å². The molecule has 1 aliphatic rings. The van der Waals surface area contributed by atoms with Crippen molar-refractivity contribution in [3.8, 4) is 0 Å². The number of thiophene rings is 1. The first-order valence-electron chi connectivity index (χ1n) is 6.67. The van der Waals surface area contributed by atoms with E-state index in [1.165, 1.54) is 10.4 Å². The molecular weight excluding hydrogens is 244 g/mol. The quantitative estimate of drug-likeness (QED) is 0.829. The van der Waals surface area contributed by atoms with Crippen molar-refractivity contribution in [3.05, 3.63) is 21.9 Å². The minimum Gasteiger partial charge on any atom is -0.373 e. The Hall–Kier alpha value is -0.420. The molecule has 2 heterocycles. The van der Waals surface area contributed by atoms with Crippen molar-refractivity contribution < 1.29 is 4.74 Å². The van der Waals surface area contributed by atoms with Crippen molar-refractivity contribution in [3.63, 3.8) is 0 Å². The Balaban J connectivity index is 1.65. The molecule has 0 atom stereocenters. The van der Waals surface area contributed by atoms with Gasteiger partial charge >= 0.3 is 0 Å². The number of rotatable bonds is 5. The molecule has 0 aliphatic carbocycles. The van der Waals surface area contributed by atoms with Crippen LogP contribution in [0.4, 0.5) is 0 Å². The Kier molecular flexibility index (Phi) is 4.78. The van der Waals surface area contributed by atoms with Crippen molar-refractivity contribution in [1.82, 2.24) is 10.2 Å². The van der Waals surface area contributed by atoms with Gasteiger partial charge in [-0.1, -0.05) is 0 Å². The molecule has 0 amide bonds. The summed E-state index contributed by atoms with van der Waals surface area (Å²) in [4.78, 5) is 3.94. The molecule has 0 bridgehead atoms. The molecule has 1 fully saturated rings. The van der Waals surface area contributed by atoms with Crippen LogP contribution in [0.25, 0.3) is 0 Å². The van der Waals surface area contributed by atoms with E-state index in [9.17, 15) is 0 Å². The highest BCUT2D eigenvalue weighted by atomic mass is 32.1. The number of nitrogens with zero attached hydrogens (tertiary/aromatic N) is 1. The second kappa shape index (κ2) is 6.15.